The predicted molar refractivity (Wildman–Crippen MR) is 64.4 cm³/mol. The van der Waals surface area contributed by atoms with Gasteiger partial charge in [0.1, 0.15) is 11.5 Å². The Morgan fingerprint density at radius 2 is 1.93 bits per heavy atom. The summed E-state index contributed by atoms with van der Waals surface area (Å²) < 4.78 is 11.3. The van der Waals surface area contributed by atoms with E-state index >= 15 is 0 Å². The number of benzene rings is 1. The maximum absolute atomic E-state index is 5.88. The molecular formula is C11H14BrNO2. The first-order chi connectivity index (χ1) is 7.13. The molecule has 0 aliphatic carbocycles. The van der Waals surface area contributed by atoms with Crippen LogP contribution in [-0.2, 0) is 0 Å². The molecule has 0 radical (unpaired) electrons. The molecule has 0 spiro atoms. The molecule has 2 N–H and O–H groups in total. The zero-order valence-electron chi connectivity index (χ0n) is 8.79. The van der Waals surface area contributed by atoms with Crippen molar-refractivity contribution < 1.29 is 9.47 Å². The Kier molecular flexibility index (Phi) is 4.17. The van der Waals surface area contributed by atoms with E-state index < -0.39 is 0 Å². The van der Waals surface area contributed by atoms with Crippen molar-refractivity contribution >= 4 is 15.9 Å². The Morgan fingerprint density at radius 1 is 1.33 bits per heavy atom. The normalized spacial score (nSPS) is 12.0. The van der Waals surface area contributed by atoms with Crippen molar-refractivity contribution in [3.05, 3.63) is 34.8 Å². The molecule has 0 aromatic heterocycles. The molecule has 0 saturated heterocycles. The smallest absolute Gasteiger partial charge is 0.133 e. The molecule has 0 amide bonds. The summed E-state index contributed by atoms with van der Waals surface area (Å²) in [6.07, 6.45) is 1.66. The van der Waals surface area contributed by atoms with Gasteiger partial charge in [-0.15, -0.1) is 6.58 Å². The molecule has 1 rings (SSSR count). The van der Waals surface area contributed by atoms with Crippen LogP contribution in [-0.4, -0.2) is 14.2 Å². The van der Waals surface area contributed by atoms with Crippen LogP contribution in [0.3, 0.4) is 0 Å². The Labute approximate surface area is 98.0 Å². The zero-order valence-corrected chi connectivity index (χ0v) is 10.4. The van der Waals surface area contributed by atoms with Crippen LogP contribution in [0.4, 0.5) is 0 Å². The van der Waals surface area contributed by atoms with Crippen LogP contribution in [0.1, 0.15) is 11.6 Å². The van der Waals surface area contributed by atoms with Crippen molar-refractivity contribution in [3.8, 4) is 11.5 Å². The van der Waals surface area contributed by atoms with Crippen molar-refractivity contribution in [1.29, 1.82) is 0 Å². The first-order valence-corrected chi connectivity index (χ1v) is 5.23. The SMILES string of the molecule is C=C[C@H](N)c1cc(OC)c(Br)cc1OC. The third kappa shape index (κ3) is 2.52. The summed E-state index contributed by atoms with van der Waals surface area (Å²) in [4.78, 5) is 0. The Hall–Kier alpha value is -1.00. The monoisotopic (exact) mass is 271 g/mol. The minimum Gasteiger partial charge on any atom is -0.496 e. The summed E-state index contributed by atoms with van der Waals surface area (Å²) in [5, 5.41) is 0. The fourth-order valence-corrected chi connectivity index (χ4v) is 1.76. The van der Waals surface area contributed by atoms with Crippen LogP contribution in [0.15, 0.2) is 29.3 Å². The van der Waals surface area contributed by atoms with E-state index in [2.05, 4.69) is 22.5 Å². The second-order valence-electron chi connectivity index (χ2n) is 2.99. The number of hydrogen-bond acceptors (Lipinski definition) is 3. The van der Waals surface area contributed by atoms with Crippen molar-refractivity contribution in [2.45, 2.75) is 6.04 Å². The zero-order chi connectivity index (χ0) is 11.4. The summed E-state index contributed by atoms with van der Waals surface area (Å²) in [6, 6.07) is 3.41. The van der Waals surface area contributed by atoms with Gasteiger partial charge in [0.25, 0.3) is 0 Å². The molecule has 82 valence electrons. The molecule has 3 nitrogen and oxygen atoms in total. The van der Waals surface area contributed by atoms with Gasteiger partial charge in [0.2, 0.25) is 0 Å². The third-order valence-corrected chi connectivity index (χ3v) is 2.74. The Bertz CT molecular complexity index is 366. The highest BCUT2D eigenvalue weighted by molar-refractivity contribution is 9.10. The topological polar surface area (TPSA) is 44.5 Å². The average Bonchev–Trinajstić information content (AvgIpc) is 2.27. The number of rotatable bonds is 4. The first kappa shape index (κ1) is 12.1. The second kappa shape index (κ2) is 5.19. The maximum Gasteiger partial charge on any atom is 0.133 e. The van der Waals surface area contributed by atoms with Crippen LogP contribution >= 0.6 is 15.9 Å². The highest BCUT2D eigenvalue weighted by Gasteiger charge is 2.13. The van der Waals surface area contributed by atoms with Gasteiger partial charge in [-0.2, -0.15) is 0 Å². The molecule has 0 saturated carbocycles. The van der Waals surface area contributed by atoms with E-state index in [1.807, 2.05) is 12.1 Å². The van der Waals surface area contributed by atoms with E-state index in [1.165, 1.54) is 0 Å². The van der Waals surface area contributed by atoms with Gasteiger partial charge in [-0.25, -0.2) is 0 Å². The lowest BCUT2D eigenvalue weighted by Gasteiger charge is -2.14. The molecular weight excluding hydrogens is 258 g/mol. The Balaban J connectivity index is 3.28. The van der Waals surface area contributed by atoms with Crippen LogP contribution in [0.2, 0.25) is 0 Å². The molecule has 1 aromatic carbocycles. The third-order valence-electron chi connectivity index (χ3n) is 2.12. The standard InChI is InChI=1S/C11H14BrNO2/c1-4-9(13)7-5-11(15-3)8(12)6-10(7)14-2/h4-6,9H,1,13H2,2-3H3/t9-/m0/s1. The lowest BCUT2D eigenvalue weighted by molar-refractivity contribution is 0.395. The quantitative estimate of drug-likeness (QED) is 0.857. The van der Waals surface area contributed by atoms with E-state index in [9.17, 15) is 0 Å². The molecule has 0 aliphatic heterocycles. The average molecular weight is 272 g/mol. The minimum atomic E-state index is -0.262. The summed E-state index contributed by atoms with van der Waals surface area (Å²) in [5.41, 5.74) is 6.73. The number of nitrogens with two attached hydrogens (primary N) is 1. The molecule has 15 heavy (non-hydrogen) atoms. The van der Waals surface area contributed by atoms with E-state index in [0.29, 0.717) is 0 Å². The summed E-state index contributed by atoms with van der Waals surface area (Å²) in [7, 11) is 3.21. The highest BCUT2D eigenvalue weighted by atomic mass is 79.9. The van der Waals surface area contributed by atoms with E-state index in [-0.39, 0.29) is 6.04 Å². The number of hydrogen-bond donors (Lipinski definition) is 1. The lowest BCUT2D eigenvalue weighted by Crippen LogP contribution is -2.08. The fourth-order valence-electron chi connectivity index (χ4n) is 1.27. The van der Waals surface area contributed by atoms with E-state index in [4.69, 9.17) is 15.2 Å². The molecule has 0 aliphatic rings. The van der Waals surface area contributed by atoms with Crippen LogP contribution in [0, 0.1) is 0 Å². The van der Waals surface area contributed by atoms with Gasteiger partial charge in [0.15, 0.2) is 0 Å². The molecule has 4 heteroatoms. The van der Waals surface area contributed by atoms with Gasteiger partial charge in [0.05, 0.1) is 24.7 Å². The summed E-state index contributed by atoms with van der Waals surface area (Å²) >= 11 is 3.38. The number of halogens is 1. The summed E-state index contributed by atoms with van der Waals surface area (Å²) in [6.45, 7) is 3.66. The fraction of sp³-hybridized carbons (Fsp3) is 0.273. The van der Waals surface area contributed by atoms with Crippen LogP contribution in [0.25, 0.3) is 0 Å². The largest absolute Gasteiger partial charge is 0.496 e. The highest BCUT2D eigenvalue weighted by Crippen LogP contribution is 2.35. The van der Waals surface area contributed by atoms with E-state index in [0.717, 1.165) is 21.5 Å². The number of methoxy groups -OCH3 is 2. The molecule has 0 heterocycles. The molecule has 0 bridgehead atoms. The molecule has 1 atom stereocenters. The molecule has 0 unspecified atom stereocenters. The van der Waals surface area contributed by atoms with Crippen LogP contribution < -0.4 is 15.2 Å². The van der Waals surface area contributed by atoms with Gasteiger partial charge in [-0.3, -0.25) is 0 Å². The molecule has 0 fully saturated rings. The van der Waals surface area contributed by atoms with E-state index in [1.54, 1.807) is 20.3 Å². The van der Waals surface area contributed by atoms with Crippen molar-refractivity contribution in [3.63, 3.8) is 0 Å². The van der Waals surface area contributed by atoms with Crippen molar-refractivity contribution in [1.82, 2.24) is 0 Å². The van der Waals surface area contributed by atoms with Gasteiger partial charge >= 0.3 is 0 Å². The first-order valence-electron chi connectivity index (χ1n) is 4.43. The lowest BCUT2D eigenvalue weighted by atomic mass is 10.1. The predicted octanol–water partition coefficient (Wildman–Crippen LogP) is 2.65. The van der Waals surface area contributed by atoms with Crippen molar-refractivity contribution in [2.24, 2.45) is 5.73 Å². The van der Waals surface area contributed by atoms with Gasteiger partial charge < -0.3 is 15.2 Å². The van der Waals surface area contributed by atoms with Gasteiger partial charge in [0, 0.05) is 5.56 Å². The van der Waals surface area contributed by atoms with Crippen molar-refractivity contribution in [2.75, 3.05) is 14.2 Å². The Morgan fingerprint density at radius 3 is 2.40 bits per heavy atom. The minimum absolute atomic E-state index is 0.262. The number of ether oxygens (including phenoxy) is 2. The molecule has 1 aromatic rings. The van der Waals surface area contributed by atoms with Gasteiger partial charge in [-0.05, 0) is 28.1 Å². The second-order valence-corrected chi connectivity index (χ2v) is 3.84. The maximum atomic E-state index is 5.88. The van der Waals surface area contributed by atoms with Crippen LogP contribution in [0.5, 0.6) is 11.5 Å². The summed E-state index contributed by atoms with van der Waals surface area (Å²) in [5.74, 6) is 1.44. The van der Waals surface area contributed by atoms with Gasteiger partial charge in [-0.1, -0.05) is 6.08 Å².